The van der Waals surface area contributed by atoms with Gasteiger partial charge in [0.2, 0.25) is 11.8 Å². The van der Waals surface area contributed by atoms with Crippen LogP contribution in [0.25, 0.3) is 0 Å². The highest BCUT2D eigenvalue weighted by Gasteiger charge is 2.75. The highest BCUT2D eigenvalue weighted by molar-refractivity contribution is 6.30. The molecule has 3 heterocycles. The Labute approximate surface area is 258 Å². The van der Waals surface area contributed by atoms with Crippen molar-refractivity contribution in [2.75, 3.05) is 24.6 Å². The SMILES string of the molecule is C=CCCC(=O)NC[C@H](C)OC(=O)[C@@H]1[C@@H]2CC[C@]3(O2)[C@H](C(=O)N(CC=C)c2ccc(Cl)cc2)N([C@@H](CO)C(C)C)C(=O)[C@@H]13. The molecular weight excluding hydrogens is 574 g/mol. The van der Waals surface area contributed by atoms with Crippen LogP contribution in [0.3, 0.4) is 0 Å². The number of hydrogen-bond donors (Lipinski definition) is 2. The minimum absolute atomic E-state index is 0.120. The summed E-state index contributed by atoms with van der Waals surface area (Å²) in [6.45, 7) is 12.8. The molecule has 4 rings (SSSR count). The van der Waals surface area contributed by atoms with Crippen LogP contribution in [0.5, 0.6) is 0 Å². The maximum Gasteiger partial charge on any atom is 0.312 e. The van der Waals surface area contributed by atoms with Crippen molar-refractivity contribution < 1.29 is 33.8 Å². The van der Waals surface area contributed by atoms with Gasteiger partial charge in [-0.3, -0.25) is 19.2 Å². The average molecular weight is 616 g/mol. The number of anilines is 1. The van der Waals surface area contributed by atoms with Crippen molar-refractivity contribution >= 4 is 41.0 Å². The number of aliphatic hydroxyl groups is 1. The second-order valence-electron chi connectivity index (χ2n) is 11.9. The lowest BCUT2D eigenvalue weighted by atomic mass is 9.70. The lowest BCUT2D eigenvalue weighted by Gasteiger charge is -2.40. The van der Waals surface area contributed by atoms with E-state index in [0.717, 1.165) is 0 Å². The number of fused-ring (bicyclic) bond motifs is 1. The smallest absolute Gasteiger partial charge is 0.312 e. The zero-order valence-electron chi connectivity index (χ0n) is 25.0. The van der Waals surface area contributed by atoms with E-state index in [1.54, 1.807) is 43.3 Å². The Balaban J connectivity index is 1.65. The Bertz CT molecular complexity index is 1240. The number of ether oxygens (including phenoxy) is 2. The van der Waals surface area contributed by atoms with Gasteiger partial charge in [-0.2, -0.15) is 0 Å². The molecular formula is C32H42ClN3O7. The van der Waals surface area contributed by atoms with E-state index in [0.29, 0.717) is 30.0 Å². The summed E-state index contributed by atoms with van der Waals surface area (Å²) in [6.07, 6.45) is 3.71. The summed E-state index contributed by atoms with van der Waals surface area (Å²) in [5, 5.41) is 13.7. The van der Waals surface area contributed by atoms with E-state index in [1.807, 2.05) is 13.8 Å². The van der Waals surface area contributed by atoms with E-state index in [9.17, 15) is 24.3 Å². The van der Waals surface area contributed by atoms with Crippen molar-refractivity contribution in [1.82, 2.24) is 10.2 Å². The van der Waals surface area contributed by atoms with Crippen LogP contribution < -0.4 is 10.2 Å². The first-order valence-electron chi connectivity index (χ1n) is 14.9. The number of likely N-dealkylation sites (tertiary alicyclic amines) is 1. The molecule has 1 aromatic carbocycles. The first-order valence-corrected chi connectivity index (χ1v) is 15.2. The zero-order valence-corrected chi connectivity index (χ0v) is 25.8. The second kappa shape index (κ2) is 13.6. The van der Waals surface area contributed by atoms with Gasteiger partial charge in [0.15, 0.2) is 0 Å². The van der Waals surface area contributed by atoms with Gasteiger partial charge < -0.3 is 29.7 Å². The number of esters is 1. The van der Waals surface area contributed by atoms with E-state index >= 15 is 0 Å². The number of halogens is 1. The lowest BCUT2D eigenvalue weighted by Crippen LogP contribution is -2.59. The fourth-order valence-electron chi connectivity index (χ4n) is 6.73. The van der Waals surface area contributed by atoms with E-state index in [-0.39, 0.29) is 43.8 Å². The molecule has 1 spiro atoms. The first-order chi connectivity index (χ1) is 20.5. The number of rotatable bonds is 14. The topological polar surface area (TPSA) is 125 Å². The van der Waals surface area contributed by atoms with Crippen LogP contribution >= 0.6 is 11.6 Å². The Kier molecular flexibility index (Phi) is 10.4. The van der Waals surface area contributed by atoms with Crippen LogP contribution in [0.1, 0.15) is 46.5 Å². The predicted molar refractivity (Wildman–Crippen MR) is 162 cm³/mol. The van der Waals surface area contributed by atoms with Gasteiger partial charge in [0, 0.05) is 23.7 Å². The Hall–Kier alpha value is -3.21. The molecule has 3 amide bonds. The molecule has 2 bridgehead atoms. The fraction of sp³-hybridized carbons (Fsp3) is 0.562. The van der Waals surface area contributed by atoms with Gasteiger partial charge in [0.1, 0.15) is 17.7 Å². The number of benzene rings is 1. The molecule has 7 atom stereocenters. The van der Waals surface area contributed by atoms with Gasteiger partial charge in [-0.1, -0.05) is 37.6 Å². The third kappa shape index (κ3) is 6.23. The van der Waals surface area contributed by atoms with Crippen LogP contribution in [-0.4, -0.2) is 83.3 Å². The van der Waals surface area contributed by atoms with Crippen molar-refractivity contribution in [3.05, 3.63) is 54.6 Å². The van der Waals surface area contributed by atoms with Crippen molar-refractivity contribution in [3.63, 3.8) is 0 Å². The average Bonchev–Trinajstić information content (AvgIpc) is 3.62. The minimum Gasteiger partial charge on any atom is -0.460 e. The molecule has 234 valence electrons. The molecule has 11 heteroatoms. The Morgan fingerprint density at radius 2 is 1.93 bits per heavy atom. The normalized spacial score (nSPS) is 27.0. The maximum atomic E-state index is 14.6. The molecule has 43 heavy (non-hydrogen) atoms. The van der Waals surface area contributed by atoms with E-state index < -0.39 is 53.6 Å². The Morgan fingerprint density at radius 1 is 1.23 bits per heavy atom. The van der Waals surface area contributed by atoms with Crippen LogP contribution in [0.2, 0.25) is 5.02 Å². The van der Waals surface area contributed by atoms with E-state index in [4.69, 9.17) is 21.1 Å². The highest BCUT2D eigenvalue weighted by atomic mass is 35.5. The number of nitrogens with one attached hydrogen (secondary N) is 1. The minimum atomic E-state index is -1.27. The maximum absolute atomic E-state index is 14.6. The summed E-state index contributed by atoms with van der Waals surface area (Å²) in [5.74, 6) is -3.63. The third-order valence-corrected chi connectivity index (χ3v) is 9.01. The third-order valence-electron chi connectivity index (χ3n) is 8.75. The molecule has 2 N–H and O–H groups in total. The summed E-state index contributed by atoms with van der Waals surface area (Å²) in [7, 11) is 0. The van der Waals surface area contributed by atoms with E-state index in [2.05, 4.69) is 18.5 Å². The van der Waals surface area contributed by atoms with Crippen LogP contribution in [-0.2, 0) is 28.7 Å². The van der Waals surface area contributed by atoms with Gasteiger partial charge in [0.05, 0.1) is 37.1 Å². The number of nitrogens with zero attached hydrogens (tertiary/aromatic N) is 2. The molecule has 10 nitrogen and oxygen atoms in total. The number of amides is 3. The van der Waals surface area contributed by atoms with Gasteiger partial charge >= 0.3 is 5.97 Å². The molecule has 0 saturated carbocycles. The summed E-state index contributed by atoms with van der Waals surface area (Å²) < 4.78 is 12.2. The largest absolute Gasteiger partial charge is 0.460 e. The molecule has 3 saturated heterocycles. The molecule has 3 fully saturated rings. The van der Waals surface area contributed by atoms with Crippen LogP contribution in [0, 0.1) is 17.8 Å². The van der Waals surface area contributed by atoms with Gasteiger partial charge in [-0.25, -0.2) is 0 Å². The first kappa shape index (κ1) is 32.7. The second-order valence-corrected chi connectivity index (χ2v) is 12.3. The molecule has 3 aliphatic heterocycles. The fourth-order valence-corrected chi connectivity index (χ4v) is 6.86. The van der Waals surface area contributed by atoms with E-state index in [1.165, 1.54) is 9.80 Å². The quantitative estimate of drug-likeness (QED) is 0.243. The number of carbonyl (C=O) groups excluding carboxylic acids is 4. The van der Waals surface area contributed by atoms with Gasteiger partial charge in [-0.05, 0) is 56.4 Å². The number of hydrogen-bond acceptors (Lipinski definition) is 7. The summed E-state index contributed by atoms with van der Waals surface area (Å²) in [5.41, 5.74) is -0.696. The number of aliphatic hydroxyl groups excluding tert-OH is 1. The van der Waals surface area contributed by atoms with Crippen molar-refractivity contribution in [2.24, 2.45) is 17.8 Å². The molecule has 0 unspecified atom stereocenters. The number of allylic oxidation sites excluding steroid dienone is 1. The summed E-state index contributed by atoms with van der Waals surface area (Å²) in [6, 6.07) is 5.03. The standard InChI is InChI=1S/C32H42ClN3O7/c1-6-8-9-25(38)34-17-20(5)42-31(41)26-24-14-15-32(43-24)27(26)29(39)36(23(18-37)19(3)4)28(32)30(40)35(16-7-2)22-12-10-21(33)11-13-22/h6-7,10-13,19-20,23-24,26-28,37H,1-2,8-9,14-18H2,3-5H3,(H,34,38)/t20-,23-,24-,26+,27+,28-,32+/m0/s1. The molecule has 0 radical (unpaired) electrons. The monoisotopic (exact) mass is 615 g/mol. The van der Waals surface area contributed by atoms with Crippen molar-refractivity contribution in [2.45, 2.75) is 76.3 Å². The summed E-state index contributed by atoms with van der Waals surface area (Å²) in [4.78, 5) is 57.5. The number of carbonyl (C=O) groups is 4. The van der Waals surface area contributed by atoms with Crippen molar-refractivity contribution in [3.8, 4) is 0 Å². The Morgan fingerprint density at radius 3 is 2.53 bits per heavy atom. The predicted octanol–water partition coefficient (Wildman–Crippen LogP) is 3.26. The van der Waals surface area contributed by atoms with Crippen molar-refractivity contribution in [1.29, 1.82) is 0 Å². The van der Waals surface area contributed by atoms with Gasteiger partial charge in [0.25, 0.3) is 5.91 Å². The lowest BCUT2D eigenvalue weighted by molar-refractivity contribution is -0.160. The molecule has 0 aliphatic carbocycles. The zero-order chi connectivity index (χ0) is 31.5. The summed E-state index contributed by atoms with van der Waals surface area (Å²) >= 11 is 6.11. The van der Waals surface area contributed by atoms with Gasteiger partial charge in [-0.15, -0.1) is 13.2 Å². The molecule has 3 aliphatic rings. The van der Waals surface area contributed by atoms with Crippen LogP contribution in [0.15, 0.2) is 49.6 Å². The molecule has 0 aromatic heterocycles. The molecule has 1 aromatic rings. The van der Waals surface area contributed by atoms with Crippen LogP contribution in [0.4, 0.5) is 5.69 Å². The highest BCUT2D eigenvalue weighted by Crippen LogP contribution is 2.59.